The van der Waals surface area contributed by atoms with E-state index in [2.05, 4.69) is 111 Å². The number of aryl methyl sites for hydroxylation is 3. The lowest BCUT2D eigenvalue weighted by atomic mass is 9.87. The van der Waals surface area contributed by atoms with E-state index in [0.717, 1.165) is 22.5 Å². The van der Waals surface area contributed by atoms with Gasteiger partial charge in [-0.05, 0) is 84.0 Å². The van der Waals surface area contributed by atoms with E-state index in [-0.39, 0.29) is 0 Å². The van der Waals surface area contributed by atoms with Gasteiger partial charge < -0.3 is 0 Å². The number of aliphatic imine (C=N–C) groups is 1. The third-order valence-electron chi connectivity index (χ3n) is 6.45. The number of hydrogen-bond acceptors (Lipinski definition) is 2. The predicted molar refractivity (Wildman–Crippen MR) is 148 cm³/mol. The number of pyridine rings is 1. The van der Waals surface area contributed by atoms with Crippen molar-refractivity contribution in [1.29, 1.82) is 0 Å². The average molecular weight is 453 g/mol. The molecule has 170 valence electrons. The highest BCUT2D eigenvalue weighted by atomic mass is 14.8. The Balaban J connectivity index is 1.85. The molecular weight excluding hydrogens is 424 g/mol. The standard InChI is InChI=1S/C33H28N2/c1-23-12-4-7-16-28(23)26-20-31(29-17-8-5-13-24(29)2)33(35-22-27-15-10-11-19-34-27)32(21-26)30-18-9-6-14-25(30)3/h4-22H,1-3H3/b35-22+. The lowest BCUT2D eigenvalue weighted by molar-refractivity contribution is 1.30. The van der Waals surface area contributed by atoms with Crippen molar-refractivity contribution >= 4 is 11.9 Å². The van der Waals surface area contributed by atoms with Crippen molar-refractivity contribution in [1.82, 2.24) is 4.98 Å². The van der Waals surface area contributed by atoms with Gasteiger partial charge in [-0.1, -0.05) is 78.9 Å². The fraction of sp³-hybridized carbons (Fsp3) is 0.0909. The number of benzene rings is 4. The van der Waals surface area contributed by atoms with E-state index in [1.54, 1.807) is 6.20 Å². The van der Waals surface area contributed by atoms with E-state index in [1.165, 1.54) is 38.9 Å². The Labute approximate surface area is 207 Å². The van der Waals surface area contributed by atoms with Gasteiger partial charge in [-0.25, -0.2) is 0 Å². The molecule has 5 rings (SSSR count). The van der Waals surface area contributed by atoms with Crippen LogP contribution in [-0.2, 0) is 0 Å². The van der Waals surface area contributed by atoms with Crippen molar-refractivity contribution in [2.24, 2.45) is 4.99 Å². The van der Waals surface area contributed by atoms with E-state index in [4.69, 9.17) is 4.99 Å². The van der Waals surface area contributed by atoms with Gasteiger partial charge in [-0.15, -0.1) is 0 Å². The normalized spacial score (nSPS) is 11.2. The Morgan fingerprint density at radius 3 is 1.51 bits per heavy atom. The van der Waals surface area contributed by atoms with Crippen molar-refractivity contribution in [3.05, 3.63) is 132 Å². The Morgan fingerprint density at radius 2 is 1.03 bits per heavy atom. The molecule has 4 aromatic carbocycles. The molecule has 0 saturated carbocycles. The van der Waals surface area contributed by atoms with Crippen LogP contribution in [0.2, 0.25) is 0 Å². The van der Waals surface area contributed by atoms with Gasteiger partial charge in [0, 0.05) is 17.3 Å². The van der Waals surface area contributed by atoms with Gasteiger partial charge in [0.2, 0.25) is 0 Å². The Hall–Kier alpha value is -4.30. The molecule has 1 heterocycles. The predicted octanol–water partition coefficient (Wildman–Crippen LogP) is 8.76. The molecule has 0 unspecified atom stereocenters. The third-order valence-corrected chi connectivity index (χ3v) is 6.45. The van der Waals surface area contributed by atoms with Crippen LogP contribution in [0.3, 0.4) is 0 Å². The molecule has 0 spiro atoms. The summed E-state index contributed by atoms with van der Waals surface area (Å²) in [5.41, 5.74) is 12.5. The molecule has 0 aliphatic carbocycles. The van der Waals surface area contributed by atoms with Crippen LogP contribution in [0.4, 0.5) is 5.69 Å². The van der Waals surface area contributed by atoms with Crippen LogP contribution in [0.5, 0.6) is 0 Å². The van der Waals surface area contributed by atoms with Gasteiger partial charge in [0.25, 0.3) is 0 Å². The van der Waals surface area contributed by atoms with Gasteiger partial charge in [-0.2, -0.15) is 0 Å². The zero-order valence-electron chi connectivity index (χ0n) is 20.4. The van der Waals surface area contributed by atoms with Crippen LogP contribution in [0.1, 0.15) is 22.4 Å². The first kappa shape index (κ1) is 22.5. The minimum Gasteiger partial charge on any atom is -0.255 e. The van der Waals surface area contributed by atoms with Crippen LogP contribution < -0.4 is 0 Å². The van der Waals surface area contributed by atoms with Gasteiger partial charge in [0.15, 0.2) is 0 Å². The summed E-state index contributed by atoms with van der Waals surface area (Å²) in [6.45, 7) is 6.49. The van der Waals surface area contributed by atoms with E-state index in [0.29, 0.717) is 0 Å². The SMILES string of the molecule is Cc1ccccc1-c1cc(-c2ccccc2C)c(/N=C/c2ccccn2)c(-c2ccccc2C)c1. The number of aromatic nitrogens is 1. The summed E-state index contributed by atoms with van der Waals surface area (Å²) in [6.07, 6.45) is 3.67. The van der Waals surface area contributed by atoms with Crippen LogP contribution in [0.15, 0.2) is 114 Å². The minimum atomic E-state index is 0.835. The zero-order chi connectivity index (χ0) is 24.2. The number of rotatable bonds is 5. The molecular formula is C33H28N2. The Bertz CT molecular complexity index is 1450. The van der Waals surface area contributed by atoms with E-state index >= 15 is 0 Å². The molecule has 0 atom stereocenters. The summed E-state index contributed by atoms with van der Waals surface area (Å²) in [7, 11) is 0. The molecule has 0 N–H and O–H groups in total. The molecule has 2 nitrogen and oxygen atoms in total. The lowest BCUT2D eigenvalue weighted by Crippen LogP contribution is -1.93. The summed E-state index contributed by atoms with van der Waals surface area (Å²) in [5, 5.41) is 0. The quantitative estimate of drug-likeness (QED) is 0.245. The smallest absolute Gasteiger partial charge is 0.0812 e. The second-order valence-electron chi connectivity index (χ2n) is 8.88. The van der Waals surface area contributed by atoms with Crippen molar-refractivity contribution in [2.75, 3.05) is 0 Å². The molecule has 0 amide bonds. The second kappa shape index (κ2) is 9.90. The van der Waals surface area contributed by atoms with Crippen LogP contribution in [0.25, 0.3) is 33.4 Å². The van der Waals surface area contributed by atoms with E-state index in [9.17, 15) is 0 Å². The minimum absolute atomic E-state index is 0.835. The summed E-state index contributed by atoms with van der Waals surface area (Å²) >= 11 is 0. The highest BCUT2D eigenvalue weighted by Gasteiger charge is 2.17. The molecule has 35 heavy (non-hydrogen) atoms. The molecule has 0 aliphatic rings. The maximum atomic E-state index is 5.08. The summed E-state index contributed by atoms with van der Waals surface area (Å²) in [5.74, 6) is 0. The zero-order valence-corrected chi connectivity index (χ0v) is 20.4. The Kier molecular flexibility index (Phi) is 6.36. The number of hydrogen-bond donors (Lipinski definition) is 0. The lowest BCUT2D eigenvalue weighted by Gasteiger charge is -2.18. The van der Waals surface area contributed by atoms with E-state index < -0.39 is 0 Å². The largest absolute Gasteiger partial charge is 0.255 e. The fourth-order valence-electron chi connectivity index (χ4n) is 4.57. The van der Waals surface area contributed by atoms with Crippen molar-refractivity contribution in [3.8, 4) is 33.4 Å². The van der Waals surface area contributed by atoms with Crippen LogP contribution in [0, 0.1) is 20.8 Å². The van der Waals surface area contributed by atoms with Crippen molar-refractivity contribution in [3.63, 3.8) is 0 Å². The van der Waals surface area contributed by atoms with Gasteiger partial charge in [0.05, 0.1) is 17.6 Å². The third kappa shape index (κ3) is 4.69. The summed E-state index contributed by atoms with van der Waals surface area (Å²) in [6, 6.07) is 36.1. The highest BCUT2D eigenvalue weighted by molar-refractivity contribution is 5.97. The maximum absolute atomic E-state index is 5.08. The molecule has 0 bridgehead atoms. The first-order valence-electron chi connectivity index (χ1n) is 11.9. The van der Waals surface area contributed by atoms with Crippen molar-refractivity contribution < 1.29 is 0 Å². The maximum Gasteiger partial charge on any atom is 0.0812 e. The summed E-state index contributed by atoms with van der Waals surface area (Å²) in [4.78, 5) is 9.54. The molecule has 0 aliphatic heterocycles. The topological polar surface area (TPSA) is 25.2 Å². The van der Waals surface area contributed by atoms with Gasteiger partial charge in [0.1, 0.15) is 0 Å². The second-order valence-corrected chi connectivity index (χ2v) is 8.88. The molecule has 2 heteroatoms. The van der Waals surface area contributed by atoms with E-state index in [1.807, 2.05) is 24.4 Å². The molecule has 0 radical (unpaired) electrons. The van der Waals surface area contributed by atoms with Crippen molar-refractivity contribution in [2.45, 2.75) is 20.8 Å². The van der Waals surface area contributed by atoms with Gasteiger partial charge >= 0.3 is 0 Å². The number of nitrogens with zero attached hydrogens (tertiary/aromatic N) is 2. The molecule has 0 fully saturated rings. The molecule has 0 saturated heterocycles. The first-order chi connectivity index (χ1) is 17.1. The highest BCUT2D eigenvalue weighted by Crippen LogP contribution is 2.44. The molecule has 1 aromatic heterocycles. The average Bonchev–Trinajstić information content (AvgIpc) is 2.89. The Morgan fingerprint density at radius 1 is 0.543 bits per heavy atom. The fourth-order valence-corrected chi connectivity index (χ4v) is 4.57. The van der Waals surface area contributed by atoms with Crippen LogP contribution in [-0.4, -0.2) is 11.2 Å². The van der Waals surface area contributed by atoms with Crippen LogP contribution >= 0.6 is 0 Å². The first-order valence-corrected chi connectivity index (χ1v) is 11.9. The summed E-state index contributed by atoms with van der Waals surface area (Å²) < 4.78 is 0. The monoisotopic (exact) mass is 452 g/mol. The molecule has 5 aromatic rings. The van der Waals surface area contributed by atoms with Gasteiger partial charge in [-0.3, -0.25) is 9.98 Å².